The molecule has 0 heterocycles. The van der Waals surface area contributed by atoms with E-state index in [1.807, 2.05) is 6.92 Å². The van der Waals surface area contributed by atoms with Gasteiger partial charge in [0.25, 0.3) is 0 Å². The Morgan fingerprint density at radius 3 is 2.40 bits per heavy atom. The Hall–Kier alpha value is -0.850. The number of ketones is 1. The van der Waals surface area contributed by atoms with Crippen molar-refractivity contribution < 1.29 is 4.79 Å². The van der Waals surface area contributed by atoms with Crippen molar-refractivity contribution in [3.8, 4) is 0 Å². The normalized spacial score (nSPS) is 21.8. The first-order valence-electron chi connectivity index (χ1n) is 5.74. The summed E-state index contributed by atoms with van der Waals surface area (Å²) >= 11 is 0. The molecule has 1 rings (SSSR count). The van der Waals surface area contributed by atoms with E-state index in [1.54, 1.807) is 6.92 Å². The van der Waals surface area contributed by atoms with Crippen molar-refractivity contribution >= 4 is 5.78 Å². The molecule has 0 saturated carbocycles. The molecule has 0 amide bonds. The highest BCUT2D eigenvalue weighted by Gasteiger charge is 2.27. The minimum Gasteiger partial charge on any atom is -0.295 e. The molecule has 0 aromatic carbocycles. The van der Waals surface area contributed by atoms with E-state index in [9.17, 15) is 4.79 Å². The van der Waals surface area contributed by atoms with Crippen LogP contribution in [0.25, 0.3) is 0 Å². The van der Waals surface area contributed by atoms with E-state index in [-0.39, 0.29) is 11.2 Å². The van der Waals surface area contributed by atoms with E-state index >= 15 is 0 Å². The second-order valence-corrected chi connectivity index (χ2v) is 5.31. The van der Waals surface area contributed by atoms with Gasteiger partial charge < -0.3 is 0 Å². The number of allylic oxidation sites excluding steroid dienone is 4. The van der Waals surface area contributed by atoms with Crippen LogP contribution in [0.3, 0.4) is 0 Å². The van der Waals surface area contributed by atoms with Crippen molar-refractivity contribution in [1.29, 1.82) is 0 Å². The lowest BCUT2D eigenvalue weighted by atomic mass is 9.72. The van der Waals surface area contributed by atoms with Gasteiger partial charge in [0.15, 0.2) is 5.78 Å². The van der Waals surface area contributed by atoms with Crippen molar-refractivity contribution in [1.82, 2.24) is 0 Å². The quantitative estimate of drug-likeness (QED) is 0.623. The Morgan fingerprint density at radius 2 is 1.93 bits per heavy atom. The van der Waals surface area contributed by atoms with Gasteiger partial charge in [-0.15, -0.1) is 0 Å². The van der Waals surface area contributed by atoms with Crippen LogP contribution in [0.1, 0.15) is 53.9 Å². The molecule has 0 spiro atoms. The number of carbonyl (C=O) groups excluding carboxylic acids is 1. The predicted molar refractivity (Wildman–Crippen MR) is 64.8 cm³/mol. The molecule has 1 nitrogen and oxygen atoms in total. The standard InChI is InChI=1S/C14H22O/c1-10-7-6-8-14(4,5)13(10)9-11(2)12(3)15/h9H,6-8H2,1-5H3. The topological polar surface area (TPSA) is 17.1 Å². The Balaban J connectivity index is 3.10. The van der Waals surface area contributed by atoms with Crippen molar-refractivity contribution in [3.05, 3.63) is 22.8 Å². The van der Waals surface area contributed by atoms with Crippen LogP contribution in [0.2, 0.25) is 0 Å². The van der Waals surface area contributed by atoms with Crippen LogP contribution < -0.4 is 0 Å². The molecule has 0 fully saturated rings. The molecule has 1 aliphatic carbocycles. The molecule has 1 heteroatoms. The second-order valence-electron chi connectivity index (χ2n) is 5.31. The van der Waals surface area contributed by atoms with Gasteiger partial charge in [-0.05, 0) is 56.6 Å². The molecule has 84 valence electrons. The highest BCUT2D eigenvalue weighted by atomic mass is 16.1. The summed E-state index contributed by atoms with van der Waals surface area (Å²) in [4.78, 5) is 11.2. The van der Waals surface area contributed by atoms with Crippen LogP contribution in [0.4, 0.5) is 0 Å². The molecule has 0 radical (unpaired) electrons. The Bertz CT molecular complexity index is 329. The molecular formula is C14H22O. The first-order valence-corrected chi connectivity index (χ1v) is 5.74. The van der Waals surface area contributed by atoms with Crippen molar-refractivity contribution in [3.63, 3.8) is 0 Å². The minimum atomic E-state index is 0.177. The summed E-state index contributed by atoms with van der Waals surface area (Å²) in [5.74, 6) is 0.177. The molecule has 0 aromatic rings. The zero-order chi connectivity index (χ0) is 11.6. The second kappa shape index (κ2) is 4.34. The summed E-state index contributed by atoms with van der Waals surface area (Å²) in [6.45, 7) is 10.3. The van der Waals surface area contributed by atoms with Gasteiger partial charge >= 0.3 is 0 Å². The molecule has 0 bridgehead atoms. The number of hydrogen-bond donors (Lipinski definition) is 0. The maximum atomic E-state index is 11.2. The van der Waals surface area contributed by atoms with Gasteiger partial charge in [-0.1, -0.05) is 25.5 Å². The highest BCUT2D eigenvalue weighted by Crippen LogP contribution is 2.41. The first-order chi connectivity index (χ1) is 6.84. The molecule has 0 aliphatic heterocycles. The Labute approximate surface area is 93.3 Å². The number of hydrogen-bond acceptors (Lipinski definition) is 1. The van der Waals surface area contributed by atoms with Gasteiger partial charge in [0.05, 0.1) is 0 Å². The molecule has 15 heavy (non-hydrogen) atoms. The molecular weight excluding hydrogens is 184 g/mol. The summed E-state index contributed by atoms with van der Waals surface area (Å²) in [6.07, 6.45) is 5.77. The van der Waals surface area contributed by atoms with E-state index in [0.29, 0.717) is 0 Å². The van der Waals surface area contributed by atoms with E-state index in [4.69, 9.17) is 0 Å². The zero-order valence-electron chi connectivity index (χ0n) is 10.6. The lowest BCUT2D eigenvalue weighted by Crippen LogP contribution is -2.19. The summed E-state index contributed by atoms with van der Waals surface area (Å²) in [5.41, 5.74) is 3.94. The average Bonchev–Trinajstić information content (AvgIpc) is 2.10. The smallest absolute Gasteiger partial charge is 0.155 e. The third-order valence-electron chi connectivity index (χ3n) is 3.46. The zero-order valence-corrected chi connectivity index (χ0v) is 10.6. The molecule has 0 saturated heterocycles. The highest BCUT2D eigenvalue weighted by molar-refractivity contribution is 5.93. The fourth-order valence-corrected chi connectivity index (χ4v) is 2.28. The molecule has 1 aliphatic rings. The molecule has 0 unspecified atom stereocenters. The lowest BCUT2D eigenvalue weighted by molar-refractivity contribution is -0.113. The van der Waals surface area contributed by atoms with E-state index in [1.165, 1.54) is 30.4 Å². The van der Waals surface area contributed by atoms with Crippen LogP contribution in [0.5, 0.6) is 0 Å². The number of rotatable bonds is 2. The van der Waals surface area contributed by atoms with Crippen LogP contribution in [-0.4, -0.2) is 5.78 Å². The fraction of sp³-hybridized carbons (Fsp3) is 0.643. The number of Topliss-reactive ketones (excluding diaryl/α,β-unsaturated/α-hetero) is 1. The van der Waals surface area contributed by atoms with E-state index < -0.39 is 0 Å². The summed E-state index contributed by atoms with van der Waals surface area (Å²) < 4.78 is 0. The Kier molecular flexibility index (Phi) is 3.54. The van der Waals surface area contributed by atoms with Crippen molar-refractivity contribution in [2.75, 3.05) is 0 Å². The van der Waals surface area contributed by atoms with Gasteiger partial charge in [-0.25, -0.2) is 0 Å². The first kappa shape index (κ1) is 12.2. The summed E-state index contributed by atoms with van der Waals surface area (Å²) in [6, 6.07) is 0. The van der Waals surface area contributed by atoms with Gasteiger partial charge in [0.2, 0.25) is 0 Å². The molecule has 0 atom stereocenters. The van der Waals surface area contributed by atoms with Gasteiger partial charge in [0, 0.05) is 0 Å². The monoisotopic (exact) mass is 206 g/mol. The largest absolute Gasteiger partial charge is 0.295 e. The minimum absolute atomic E-state index is 0.177. The third kappa shape index (κ3) is 2.80. The number of carbonyl (C=O) groups is 1. The summed E-state index contributed by atoms with van der Waals surface area (Å²) in [7, 11) is 0. The predicted octanol–water partition coefficient (Wildman–Crippen LogP) is 4.05. The van der Waals surface area contributed by atoms with Crippen LogP contribution >= 0.6 is 0 Å². The van der Waals surface area contributed by atoms with Gasteiger partial charge in [0.1, 0.15) is 0 Å². The van der Waals surface area contributed by atoms with Crippen LogP contribution in [0.15, 0.2) is 22.8 Å². The van der Waals surface area contributed by atoms with Crippen molar-refractivity contribution in [2.24, 2.45) is 5.41 Å². The van der Waals surface area contributed by atoms with E-state index in [2.05, 4.69) is 26.8 Å². The van der Waals surface area contributed by atoms with Crippen molar-refractivity contribution in [2.45, 2.75) is 53.9 Å². The molecule has 0 N–H and O–H groups in total. The SMILES string of the molecule is CC(=O)C(C)=CC1=C(C)CCCC1(C)C. The fourth-order valence-electron chi connectivity index (χ4n) is 2.28. The maximum absolute atomic E-state index is 11.2. The average molecular weight is 206 g/mol. The van der Waals surface area contributed by atoms with Gasteiger partial charge in [-0.3, -0.25) is 4.79 Å². The van der Waals surface area contributed by atoms with Crippen LogP contribution in [-0.2, 0) is 4.79 Å². The lowest BCUT2D eigenvalue weighted by Gasteiger charge is -2.33. The Morgan fingerprint density at radius 1 is 1.33 bits per heavy atom. The maximum Gasteiger partial charge on any atom is 0.155 e. The van der Waals surface area contributed by atoms with E-state index in [0.717, 1.165) is 5.57 Å². The third-order valence-corrected chi connectivity index (χ3v) is 3.46. The van der Waals surface area contributed by atoms with Crippen LogP contribution in [0, 0.1) is 5.41 Å². The molecule has 0 aromatic heterocycles. The van der Waals surface area contributed by atoms with Gasteiger partial charge in [-0.2, -0.15) is 0 Å². The summed E-state index contributed by atoms with van der Waals surface area (Å²) in [5, 5.41) is 0.